The normalized spacial score (nSPS) is 17.0. The quantitative estimate of drug-likeness (QED) is 0.474. The molecule has 6 nitrogen and oxygen atoms in total. The lowest BCUT2D eigenvalue weighted by Gasteiger charge is -2.11. The lowest BCUT2D eigenvalue weighted by Crippen LogP contribution is -2.38. The van der Waals surface area contributed by atoms with Gasteiger partial charge in [0, 0.05) is 17.6 Å². The lowest BCUT2D eigenvalue weighted by atomic mass is 10.2. The molecule has 1 aliphatic heterocycles. The molecule has 1 saturated heterocycles. The molecule has 0 aromatic heterocycles. The first-order chi connectivity index (χ1) is 11.0. The molecular formula is C15H17NO5S2. The highest BCUT2D eigenvalue weighted by Crippen LogP contribution is 2.32. The number of carbonyl (C=O) groups is 3. The lowest BCUT2D eigenvalue weighted by molar-refractivity contribution is -0.132. The molecule has 124 valence electrons. The zero-order valence-corrected chi connectivity index (χ0v) is 14.4. The summed E-state index contributed by atoms with van der Waals surface area (Å²) in [5, 5.41) is 2.76. The number of ether oxygens (including phenoxy) is 2. The Morgan fingerprint density at radius 1 is 1.39 bits per heavy atom. The molecular weight excluding hydrogens is 338 g/mol. The second-order valence-electron chi connectivity index (χ2n) is 4.77. The van der Waals surface area contributed by atoms with Crippen LogP contribution in [0.4, 0.5) is 0 Å². The Morgan fingerprint density at radius 2 is 2.17 bits per heavy atom. The van der Waals surface area contributed by atoms with E-state index >= 15 is 0 Å². The van der Waals surface area contributed by atoms with Crippen molar-refractivity contribution in [1.29, 1.82) is 0 Å². The van der Waals surface area contributed by atoms with E-state index in [1.54, 1.807) is 18.2 Å². The Bertz CT molecular complexity index is 620. The van der Waals surface area contributed by atoms with Crippen LogP contribution in [0.1, 0.15) is 13.3 Å². The fourth-order valence-corrected chi connectivity index (χ4v) is 3.66. The van der Waals surface area contributed by atoms with Crippen LogP contribution in [0.15, 0.2) is 23.1 Å². The van der Waals surface area contributed by atoms with Crippen LogP contribution in [0.2, 0.25) is 0 Å². The van der Waals surface area contributed by atoms with Crippen LogP contribution in [0, 0.1) is 0 Å². The molecule has 8 heteroatoms. The number of esters is 1. The number of nitrogens with one attached hydrogen (secondary N) is 1. The van der Waals surface area contributed by atoms with E-state index in [-0.39, 0.29) is 22.8 Å². The molecule has 1 aromatic rings. The third kappa shape index (κ3) is 5.18. The van der Waals surface area contributed by atoms with Gasteiger partial charge in [-0.25, -0.2) is 0 Å². The summed E-state index contributed by atoms with van der Waals surface area (Å²) in [6.07, 6.45) is 0.685. The van der Waals surface area contributed by atoms with Crippen molar-refractivity contribution in [2.75, 3.05) is 18.6 Å². The number of methoxy groups -OCH3 is 1. The van der Waals surface area contributed by atoms with Gasteiger partial charge in [-0.3, -0.25) is 14.4 Å². The van der Waals surface area contributed by atoms with Gasteiger partial charge in [0.05, 0.1) is 18.9 Å². The highest BCUT2D eigenvalue weighted by molar-refractivity contribution is 8.14. The van der Waals surface area contributed by atoms with Crippen molar-refractivity contribution in [2.24, 2.45) is 0 Å². The number of amides is 1. The van der Waals surface area contributed by atoms with Gasteiger partial charge in [0.15, 0.2) is 11.5 Å². The Labute approximate surface area is 142 Å². The summed E-state index contributed by atoms with van der Waals surface area (Å²) < 4.78 is 10.2. The SMILES string of the molecule is COc1cc(SCC(=O)NC2CCSC2=O)ccc1OC(C)=O. The van der Waals surface area contributed by atoms with Gasteiger partial charge in [-0.15, -0.1) is 11.8 Å². The first-order valence-electron chi connectivity index (χ1n) is 6.95. The minimum atomic E-state index is -0.429. The van der Waals surface area contributed by atoms with Crippen LogP contribution in [0.5, 0.6) is 11.5 Å². The second kappa shape index (κ2) is 8.26. The van der Waals surface area contributed by atoms with Crippen molar-refractivity contribution in [2.45, 2.75) is 24.3 Å². The van der Waals surface area contributed by atoms with Gasteiger partial charge in [0.25, 0.3) is 0 Å². The number of hydrogen-bond acceptors (Lipinski definition) is 7. The molecule has 2 rings (SSSR count). The highest BCUT2D eigenvalue weighted by Gasteiger charge is 2.26. The second-order valence-corrected chi connectivity index (χ2v) is 6.92. The van der Waals surface area contributed by atoms with Crippen molar-refractivity contribution in [3.8, 4) is 11.5 Å². The summed E-state index contributed by atoms with van der Waals surface area (Å²) in [5.41, 5.74) is 0. The molecule has 0 spiro atoms. The van der Waals surface area contributed by atoms with Gasteiger partial charge >= 0.3 is 5.97 Å². The summed E-state index contributed by atoms with van der Waals surface area (Å²) in [6.45, 7) is 1.31. The topological polar surface area (TPSA) is 81.7 Å². The van der Waals surface area contributed by atoms with Crippen molar-refractivity contribution in [3.63, 3.8) is 0 Å². The molecule has 1 aromatic carbocycles. The Kier molecular flexibility index (Phi) is 6.35. The molecule has 1 amide bonds. The van der Waals surface area contributed by atoms with Crippen LogP contribution >= 0.6 is 23.5 Å². The van der Waals surface area contributed by atoms with Crippen molar-refractivity contribution >= 4 is 40.5 Å². The average Bonchev–Trinajstić information content (AvgIpc) is 2.91. The minimum Gasteiger partial charge on any atom is -0.493 e. The van der Waals surface area contributed by atoms with Crippen molar-refractivity contribution in [3.05, 3.63) is 18.2 Å². The van der Waals surface area contributed by atoms with Gasteiger partial charge in [0.1, 0.15) is 0 Å². The Morgan fingerprint density at radius 3 is 2.78 bits per heavy atom. The van der Waals surface area contributed by atoms with Crippen LogP contribution in [-0.4, -0.2) is 41.6 Å². The average molecular weight is 355 g/mol. The highest BCUT2D eigenvalue weighted by atomic mass is 32.2. The summed E-state index contributed by atoms with van der Waals surface area (Å²) >= 11 is 2.57. The standard InChI is InChI=1S/C15H17NO5S2/c1-9(17)21-12-4-3-10(7-13(12)20-2)23-8-14(18)16-11-5-6-22-15(11)19/h3-4,7,11H,5-6,8H2,1-2H3,(H,16,18). The van der Waals surface area contributed by atoms with Crippen LogP contribution in [-0.2, 0) is 14.4 Å². The predicted octanol–water partition coefficient (Wildman–Crippen LogP) is 1.86. The van der Waals surface area contributed by atoms with E-state index < -0.39 is 5.97 Å². The summed E-state index contributed by atoms with van der Waals surface area (Å²) in [4.78, 5) is 35.2. The van der Waals surface area contributed by atoms with Gasteiger partial charge in [-0.05, 0) is 24.6 Å². The largest absolute Gasteiger partial charge is 0.493 e. The third-order valence-corrected chi connectivity index (χ3v) is 5.03. The van der Waals surface area contributed by atoms with Crippen molar-refractivity contribution in [1.82, 2.24) is 5.32 Å². The third-order valence-electron chi connectivity index (χ3n) is 3.03. The van der Waals surface area contributed by atoms with Crippen LogP contribution in [0.25, 0.3) is 0 Å². The predicted molar refractivity (Wildman–Crippen MR) is 89.0 cm³/mol. The molecule has 1 atom stereocenters. The van der Waals surface area contributed by atoms with E-state index in [9.17, 15) is 14.4 Å². The van der Waals surface area contributed by atoms with E-state index in [1.807, 2.05) is 0 Å². The Balaban J connectivity index is 1.91. The minimum absolute atomic E-state index is 0.0238. The maximum Gasteiger partial charge on any atom is 0.308 e. The molecule has 1 heterocycles. The van der Waals surface area contributed by atoms with E-state index in [0.29, 0.717) is 17.9 Å². The molecule has 0 aliphatic carbocycles. The molecule has 1 N–H and O–H groups in total. The van der Waals surface area contributed by atoms with Gasteiger partial charge in [-0.1, -0.05) is 11.8 Å². The zero-order chi connectivity index (χ0) is 16.8. The fraction of sp³-hybridized carbons (Fsp3) is 0.400. The van der Waals surface area contributed by atoms with E-state index in [1.165, 1.54) is 37.6 Å². The van der Waals surface area contributed by atoms with E-state index in [0.717, 1.165) is 10.6 Å². The zero-order valence-electron chi connectivity index (χ0n) is 12.8. The van der Waals surface area contributed by atoms with Crippen LogP contribution in [0.3, 0.4) is 0 Å². The number of thioether (sulfide) groups is 2. The van der Waals surface area contributed by atoms with Gasteiger partial charge < -0.3 is 14.8 Å². The van der Waals surface area contributed by atoms with E-state index in [4.69, 9.17) is 9.47 Å². The summed E-state index contributed by atoms with van der Waals surface area (Å²) in [6, 6.07) is 4.70. The van der Waals surface area contributed by atoms with Crippen LogP contribution < -0.4 is 14.8 Å². The smallest absolute Gasteiger partial charge is 0.308 e. The number of rotatable bonds is 6. The first kappa shape index (κ1) is 17.7. The maximum atomic E-state index is 11.9. The number of hydrogen-bond donors (Lipinski definition) is 1. The Hall–Kier alpha value is -1.67. The number of carbonyl (C=O) groups excluding carboxylic acids is 3. The summed E-state index contributed by atoms with van der Waals surface area (Å²) in [7, 11) is 1.48. The monoisotopic (exact) mass is 355 g/mol. The number of benzene rings is 1. The molecule has 0 radical (unpaired) electrons. The first-order valence-corrected chi connectivity index (χ1v) is 8.92. The summed E-state index contributed by atoms with van der Waals surface area (Å²) in [5.74, 6) is 1.10. The molecule has 1 unspecified atom stereocenters. The maximum absolute atomic E-state index is 11.9. The van der Waals surface area contributed by atoms with Gasteiger partial charge in [-0.2, -0.15) is 0 Å². The molecule has 0 saturated carbocycles. The fourth-order valence-electron chi connectivity index (χ4n) is 1.99. The van der Waals surface area contributed by atoms with E-state index in [2.05, 4.69) is 5.32 Å². The molecule has 1 aliphatic rings. The molecule has 1 fully saturated rings. The molecule has 23 heavy (non-hydrogen) atoms. The molecule has 0 bridgehead atoms. The van der Waals surface area contributed by atoms with Gasteiger partial charge in [0.2, 0.25) is 11.0 Å². The van der Waals surface area contributed by atoms with Crippen molar-refractivity contribution < 1.29 is 23.9 Å².